The van der Waals surface area contributed by atoms with Crippen molar-refractivity contribution in [2.24, 2.45) is 4.99 Å². The molecular formula is C23H32N4O3S. The van der Waals surface area contributed by atoms with E-state index in [4.69, 9.17) is 14.5 Å². The fourth-order valence-corrected chi connectivity index (χ4v) is 4.31. The van der Waals surface area contributed by atoms with E-state index >= 15 is 0 Å². The number of carbonyl (C=O) groups excluding carboxylic acids is 1. The van der Waals surface area contributed by atoms with E-state index < -0.39 is 0 Å². The highest BCUT2D eigenvalue weighted by Gasteiger charge is 2.24. The Kier molecular flexibility index (Phi) is 8.58. The molecule has 0 saturated carbocycles. The number of benzene rings is 1. The molecule has 1 aromatic carbocycles. The Hall–Kier alpha value is -2.74. The molecule has 8 heteroatoms. The topological polar surface area (TPSA) is 75.2 Å². The fraction of sp³-hybridized carbons (Fsp3) is 0.478. The fourth-order valence-electron chi connectivity index (χ4n) is 3.49. The molecule has 31 heavy (non-hydrogen) atoms. The molecule has 2 N–H and O–H groups in total. The number of likely N-dealkylation sites (tertiary alicyclic amines) is 1. The van der Waals surface area contributed by atoms with Crippen molar-refractivity contribution in [2.75, 3.05) is 33.4 Å². The van der Waals surface area contributed by atoms with Crippen LogP contribution in [0.4, 0.5) is 4.79 Å². The van der Waals surface area contributed by atoms with Crippen LogP contribution in [-0.4, -0.2) is 56.3 Å². The van der Waals surface area contributed by atoms with E-state index in [-0.39, 0.29) is 6.09 Å². The molecule has 0 aliphatic carbocycles. The largest absolute Gasteiger partial charge is 0.497 e. The van der Waals surface area contributed by atoms with Crippen LogP contribution in [0, 0.1) is 0 Å². The zero-order chi connectivity index (χ0) is 22.1. The molecular weight excluding hydrogens is 412 g/mol. The van der Waals surface area contributed by atoms with Gasteiger partial charge in [0.25, 0.3) is 0 Å². The summed E-state index contributed by atoms with van der Waals surface area (Å²) in [5, 5.41) is 9.02. The van der Waals surface area contributed by atoms with Crippen molar-refractivity contribution >= 4 is 23.4 Å². The minimum atomic E-state index is -0.216. The van der Waals surface area contributed by atoms with Gasteiger partial charge >= 0.3 is 6.09 Å². The lowest BCUT2D eigenvalue weighted by Crippen LogP contribution is -2.49. The molecule has 0 atom stereocenters. The molecule has 7 nitrogen and oxygen atoms in total. The van der Waals surface area contributed by atoms with Crippen molar-refractivity contribution in [3.05, 3.63) is 40.6 Å². The highest BCUT2D eigenvalue weighted by atomic mass is 32.1. The van der Waals surface area contributed by atoms with Gasteiger partial charge in [-0.15, -0.1) is 11.3 Å². The Labute approximate surface area is 188 Å². The molecule has 0 bridgehead atoms. The Morgan fingerprint density at radius 2 is 1.94 bits per heavy atom. The first kappa shape index (κ1) is 22.9. The first-order valence-electron chi connectivity index (χ1n) is 10.8. The van der Waals surface area contributed by atoms with E-state index in [0.29, 0.717) is 32.3 Å². The van der Waals surface area contributed by atoms with Crippen LogP contribution < -0.4 is 15.4 Å². The third kappa shape index (κ3) is 6.62. The van der Waals surface area contributed by atoms with Crippen molar-refractivity contribution in [1.29, 1.82) is 0 Å². The van der Waals surface area contributed by atoms with Crippen LogP contribution in [-0.2, 0) is 11.3 Å². The molecule has 2 aromatic rings. The number of hydrogen-bond acceptors (Lipinski definition) is 5. The van der Waals surface area contributed by atoms with Crippen molar-refractivity contribution < 1.29 is 14.3 Å². The summed E-state index contributed by atoms with van der Waals surface area (Å²) in [4.78, 5) is 19.6. The van der Waals surface area contributed by atoms with Crippen LogP contribution in [0.15, 0.2) is 40.7 Å². The third-order valence-electron chi connectivity index (χ3n) is 5.18. The summed E-state index contributed by atoms with van der Waals surface area (Å²) in [6.07, 6.45) is 1.54. The number of rotatable bonds is 7. The maximum atomic E-state index is 11.9. The van der Waals surface area contributed by atoms with Crippen LogP contribution in [0.1, 0.15) is 31.6 Å². The number of thiophene rings is 1. The molecule has 1 aliphatic heterocycles. The van der Waals surface area contributed by atoms with Gasteiger partial charge in [-0.25, -0.2) is 9.79 Å². The number of nitrogens with one attached hydrogen (secondary N) is 2. The zero-order valence-electron chi connectivity index (χ0n) is 18.5. The summed E-state index contributed by atoms with van der Waals surface area (Å²) in [6, 6.07) is 10.6. The number of guanidine groups is 1. The van der Waals surface area contributed by atoms with Gasteiger partial charge in [0.1, 0.15) is 5.75 Å². The number of ether oxygens (including phenoxy) is 2. The average molecular weight is 445 g/mol. The number of carbonyl (C=O) groups is 1. The second-order valence-corrected chi connectivity index (χ2v) is 8.33. The number of nitrogens with zero attached hydrogens (tertiary/aromatic N) is 2. The predicted octanol–water partition coefficient (Wildman–Crippen LogP) is 4.10. The van der Waals surface area contributed by atoms with Gasteiger partial charge in [0, 0.05) is 30.6 Å². The molecule has 3 rings (SSSR count). The van der Waals surface area contributed by atoms with E-state index in [1.165, 1.54) is 16.0 Å². The zero-order valence-corrected chi connectivity index (χ0v) is 19.3. The smallest absolute Gasteiger partial charge is 0.409 e. The highest BCUT2D eigenvalue weighted by molar-refractivity contribution is 7.10. The van der Waals surface area contributed by atoms with Crippen molar-refractivity contribution in [3.8, 4) is 16.9 Å². The van der Waals surface area contributed by atoms with Crippen molar-refractivity contribution in [3.63, 3.8) is 0 Å². The molecule has 1 aromatic heterocycles. The number of aliphatic imine (C=N–C) groups is 1. The molecule has 1 aliphatic rings. The maximum Gasteiger partial charge on any atom is 0.409 e. The van der Waals surface area contributed by atoms with Crippen molar-refractivity contribution in [1.82, 2.24) is 15.5 Å². The average Bonchev–Trinajstić information content (AvgIpc) is 3.27. The quantitative estimate of drug-likeness (QED) is 0.497. The van der Waals surface area contributed by atoms with Crippen LogP contribution >= 0.6 is 11.3 Å². The lowest BCUT2D eigenvalue weighted by atomic mass is 10.1. The Morgan fingerprint density at radius 3 is 2.58 bits per heavy atom. The van der Waals surface area contributed by atoms with E-state index in [1.54, 1.807) is 23.3 Å². The lowest BCUT2D eigenvalue weighted by Gasteiger charge is -2.32. The molecule has 168 valence electrons. The van der Waals surface area contributed by atoms with E-state index in [1.807, 2.05) is 19.1 Å². The lowest BCUT2D eigenvalue weighted by molar-refractivity contribution is 0.0963. The summed E-state index contributed by atoms with van der Waals surface area (Å²) in [5.41, 5.74) is 2.37. The molecule has 2 heterocycles. The molecule has 0 radical (unpaired) electrons. The Morgan fingerprint density at radius 1 is 1.19 bits per heavy atom. The summed E-state index contributed by atoms with van der Waals surface area (Å²) < 4.78 is 10.3. The van der Waals surface area contributed by atoms with Gasteiger partial charge in [0.05, 0.1) is 20.3 Å². The van der Waals surface area contributed by atoms with Gasteiger partial charge < -0.3 is 25.0 Å². The second kappa shape index (κ2) is 11.6. The van der Waals surface area contributed by atoms with Crippen LogP contribution in [0.5, 0.6) is 5.75 Å². The van der Waals surface area contributed by atoms with E-state index in [9.17, 15) is 4.79 Å². The highest BCUT2D eigenvalue weighted by Crippen LogP contribution is 2.27. The van der Waals surface area contributed by atoms with Crippen LogP contribution in [0.2, 0.25) is 0 Å². The molecule has 1 amide bonds. The van der Waals surface area contributed by atoms with Gasteiger partial charge in [-0.2, -0.15) is 0 Å². The van der Waals surface area contributed by atoms with Crippen molar-refractivity contribution in [2.45, 2.75) is 39.3 Å². The van der Waals surface area contributed by atoms with Gasteiger partial charge in [0.15, 0.2) is 5.96 Å². The maximum absolute atomic E-state index is 11.9. The first-order chi connectivity index (χ1) is 15.1. The molecule has 1 saturated heterocycles. The van der Waals surface area contributed by atoms with E-state index in [2.05, 4.69) is 41.1 Å². The standard InChI is InChI=1S/C23H32N4O3S/c1-4-24-22(26-19-10-12-27(13-11-19)23(28)30-5-2)25-15-21-14-18(16-31-21)17-6-8-20(29-3)9-7-17/h6-9,14,16,19H,4-5,10-13,15H2,1-3H3,(H2,24,25,26). The third-order valence-corrected chi connectivity index (χ3v) is 6.10. The minimum Gasteiger partial charge on any atom is -0.497 e. The van der Waals surface area contributed by atoms with Crippen LogP contribution in [0.25, 0.3) is 11.1 Å². The summed E-state index contributed by atoms with van der Waals surface area (Å²) in [5.74, 6) is 1.68. The summed E-state index contributed by atoms with van der Waals surface area (Å²) in [7, 11) is 1.68. The number of piperidine rings is 1. The first-order valence-corrected chi connectivity index (χ1v) is 11.7. The SMILES string of the molecule is CCNC(=NCc1cc(-c2ccc(OC)cc2)cs1)NC1CCN(C(=O)OCC)CC1. The Balaban J connectivity index is 1.55. The summed E-state index contributed by atoms with van der Waals surface area (Å²) in [6.45, 7) is 7.13. The number of amides is 1. The monoisotopic (exact) mass is 444 g/mol. The van der Waals surface area contributed by atoms with Crippen LogP contribution in [0.3, 0.4) is 0 Å². The van der Waals surface area contributed by atoms with E-state index in [0.717, 1.165) is 31.1 Å². The van der Waals surface area contributed by atoms with Gasteiger partial charge in [-0.05, 0) is 61.4 Å². The molecule has 0 spiro atoms. The van der Waals surface area contributed by atoms with Gasteiger partial charge in [-0.3, -0.25) is 0 Å². The number of methoxy groups -OCH3 is 1. The second-order valence-electron chi connectivity index (χ2n) is 7.33. The minimum absolute atomic E-state index is 0.216. The molecule has 1 fully saturated rings. The van der Waals surface area contributed by atoms with Gasteiger partial charge in [0.2, 0.25) is 0 Å². The molecule has 0 unspecified atom stereocenters. The van der Waals surface area contributed by atoms with Gasteiger partial charge in [-0.1, -0.05) is 12.1 Å². The Bertz CT molecular complexity index is 858. The predicted molar refractivity (Wildman–Crippen MR) is 126 cm³/mol. The number of hydrogen-bond donors (Lipinski definition) is 2. The summed E-state index contributed by atoms with van der Waals surface area (Å²) >= 11 is 1.72. The normalized spacial score (nSPS) is 14.9.